The van der Waals surface area contributed by atoms with Gasteiger partial charge in [0.05, 0.1) is 0 Å². The lowest BCUT2D eigenvalue weighted by atomic mass is 9.83. The molecule has 0 saturated carbocycles. The molecule has 0 fully saturated rings. The van der Waals surface area contributed by atoms with Crippen LogP contribution in [0.15, 0.2) is 144 Å². The number of aromatic nitrogens is 3. The number of allylic oxidation sites excluding steroid dienone is 1. The van der Waals surface area contributed by atoms with Crippen molar-refractivity contribution in [1.82, 2.24) is 15.0 Å². The first-order valence-corrected chi connectivity index (χ1v) is 15.8. The van der Waals surface area contributed by atoms with Gasteiger partial charge in [-0.05, 0) is 51.6 Å². The van der Waals surface area contributed by atoms with Gasteiger partial charge in [-0.25, -0.2) is 15.0 Å². The average Bonchev–Trinajstić information content (AvgIpc) is 3.53. The third kappa shape index (κ3) is 4.33. The number of rotatable bonds is 4. The number of furan rings is 1. The van der Waals surface area contributed by atoms with Crippen LogP contribution in [0.2, 0.25) is 0 Å². The van der Waals surface area contributed by atoms with Crippen molar-refractivity contribution in [3.63, 3.8) is 0 Å². The summed E-state index contributed by atoms with van der Waals surface area (Å²) in [4.78, 5) is 15.0. The van der Waals surface area contributed by atoms with Crippen LogP contribution in [0.4, 0.5) is 0 Å². The molecule has 0 radical (unpaired) electrons. The summed E-state index contributed by atoms with van der Waals surface area (Å²) in [5, 5.41) is 6.07. The van der Waals surface area contributed by atoms with E-state index >= 15 is 0 Å². The van der Waals surface area contributed by atoms with E-state index in [0.29, 0.717) is 17.5 Å². The molecule has 6 aromatic carbocycles. The van der Waals surface area contributed by atoms with E-state index in [1.807, 2.05) is 66.7 Å². The Kier molecular flexibility index (Phi) is 6.13. The van der Waals surface area contributed by atoms with Crippen LogP contribution in [0.5, 0.6) is 0 Å². The smallest absolute Gasteiger partial charge is 0.164 e. The molecule has 2 aromatic heterocycles. The van der Waals surface area contributed by atoms with E-state index in [9.17, 15) is 0 Å². The first kappa shape index (κ1) is 26.5. The molecule has 1 atom stereocenters. The van der Waals surface area contributed by atoms with Gasteiger partial charge >= 0.3 is 0 Å². The summed E-state index contributed by atoms with van der Waals surface area (Å²) in [6, 6.07) is 46.2. The highest BCUT2D eigenvalue weighted by Gasteiger charge is 2.29. The molecular formula is C42H29N3O. The first-order valence-electron chi connectivity index (χ1n) is 15.8. The summed E-state index contributed by atoms with van der Waals surface area (Å²) < 4.78 is 6.78. The fraction of sp³-hybridized carbons (Fsp3) is 0.0714. The molecule has 0 spiro atoms. The normalized spacial score (nSPS) is 14.5. The molecule has 1 unspecified atom stereocenters. The lowest BCUT2D eigenvalue weighted by molar-refractivity contribution is 0.581. The summed E-state index contributed by atoms with van der Waals surface area (Å²) in [5.41, 5.74) is 7.21. The third-order valence-corrected chi connectivity index (χ3v) is 9.16. The largest absolute Gasteiger partial charge is 0.456 e. The molecule has 0 bridgehead atoms. The lowest BCUT2D eigenvalue weighted by Crippen LogP contribution is -2.04. The van der Waals surface area contributed by atoms with Crippen molar-refractivity contribution in [3.05, 3.63) is 156 Å². The minimum absolute atomic E-state index is 0.270. The summed E-state index contributed by atoms with van der Waals surface area (Å²) in [6.07, 6.45) is 3.26. The van der Waals surface area contributed by atoms with Crippen LogP contribution < -0.4 is 0 Å². The van der Waals surface area contributed by atoms with Crippen molar-refractivity contribution >= 4 is 38.1 Å². The summed E-state index contributed by atoms with van der Waals surface area (Å²) in [6.45, 7) is 2.28. The zero-order chi connectivity index (χ0) is 30.6. The molecule has 218 valence electrons. The zero-order valence-electron chi connectivity index (χ0n) is 25.3. The van der Waals surface area contributed by atoms with Crippen molar-refractivity contribution in [2.24, 2.45) is 0 Å². The molecule has 1 aliphatic carbocycles. The van der Waals surface area contributed by atoms with E-state index < -0.39 is 0 Å². The number of nitrogens with zero attached hydrogens (tertiary/aromatic N) is 3. The maximum absolute atomic E-state index is 6.78. The topological polar surface area (TPSA) is 51.8 Å². The van der Waals surface area contributed by atoms with Gasteiger partial charge in [0.1, 0.15) is 11.3 Å². The van der Waals surface area contributed by atoms with Gasteiger partial charge in [0.2, 0.25) is 0 Å². The van der Waals surface area contributed by atoms with Crippen molar-refractivity contribution in [1.29, 1.82) is 0 Å². The monoisotopic (exact) mass is 591 g/mol. The number of hydrogen-bond acceptors (Lipinski definition) is 4. The summed E-state index contributed by atoms with van der Waals surface area (Å²) >= 11 is 0. The predicted molar refractivity (Wildman–Crippen MR) is 187 cm³/mol. The second kappa shape index (κ2) is 10.6. The van der Waals surface area contributed by atoms with Gasteiger partial charge in [0.15, 0.2) is 17.5 Å². The van der Waals surface area contributed by atoms with E-state index in [4.69, 9.17) is 19.4 Å². The fourth-order valence-electron chi connectivity index (χ4n) is 6.88. The van der Waals surface area contributed by atoms with Gasteiger partial charge in [0, 0.05) is 33.2 Å². The maximum atomic E-state index is 6.78. The first-order chi connectivity index (χ1) is 22.7. The Bertz CT molecular complexity index is 2400. The van der Waals surface area contributed by atoms with Crippen LogP contribution in [0.1, 0.15) is 36.1 Å². The highest BCUT2D eigenvalue weighted by Crippen LogP contribution is 2.46. The van der Waals surface area contributed by atoms with E-state index in [0.717, 1.165) is 51.0 Å². The summed E-state index contributed by atoms with van der Waals surface area (Å²) in [5.74, 6) is 3.14. The molecule has 0 N–H and O–H groups in total. The van der Waals surface area contributed by atoms with Gasteiger partial charge in [-0.3, -0.25) is 0 Å². The van der Waals surface area contributed by atoms with Crippen LogP contribution >= 0.6 is 0 Å². The van der Waals surface area contributed by atoms with Crippen LogP contribution in [-0.2, 0) is 0 Å². The zero-order valence-corrected chi connectivity index (χ0v) is 25.3. The Morgan fingerprint density at radius 3 is 1.93 bits per heavy atom. The predicted octanol–water partition coefficient (Wildman–Crippen LogP) is 10.9. The fourth-order valence-corrected chi connectivity index (χ4v) is 6.88. The van der Waals surface area contributed by atoms with Crippen molar-refractivity contribution < 1.29 is 4.42 Å². The minimum Gasteiger partial charge on any atom is -0.456 e. The molecule has 1 aliphatic rings. The third-order valence-electron chi connectivity index (χ3n) is 9.16. The van der Waals surface area contributed by atoms with Gasteiger partial charge in [0.25, 0.3) is 0 Å². The number of benzene rings is 6. The molecule has 0 saturated heterocycles. The molecule has 0 aliphatic heterocycles. The van der Waals surface area contributed by atoms with Crippen molar-refractivity contribution in [2.75, 3.05) is 0 Å². The number of fused-ring (bicyclic) bond motifs is 6. The molecular weight excluding hydrogens is 562 g/mol. The summed E-state index contributed by atoms with van der Waals surface area (Å²) in [7, 11) is 0. The second-order valence-corrected chi connectivity index (χ2v) is 12.0. The second-order valence-electron chi connectivity index (χ2n) is 12.0. The standard InChI is InChI=1S/C42H29N3O/c1-26-19-24-33(31-23-22-28-21-20-27-11-8-9-16-32(27)35(28)25-31)39-37(26)38-34(17-10-18-36(38)46-39)42-44-40(29-12-4-2-5-13-29)43-41(45-42)30-14-6-3-7-15-30/h2-18,20-26H,19H2,1H3. The van der Waals surface area contributed by atoms with E-state index in [-0.39, 0.29) is 5.92 Å². The van der Waals surface area contributed by atoms with E-state index in [1.54, 1.807) is 0 Å². The molecule has 0 amide bonds. The molecule has 9 rings (SSSR count). The van der Waals surface area contributed by atoms with Crippen molar-refractivity contribution in [2.45, 2.75) is 19.3 Å². The molecule has 8 aromatic rings. The maximum Gasteiger partial charge on any atom is 0.164 e. The SMILES string of the molecule is CC1CC=C(c2ccc3ccc4ccccc4c3c2)c2oc3cccc(-c4nc(-c5ccccc5)nc(-c5ccccc5)n4)c3c21. The van der Waals surface area contributed by atoms with E-state index in [1.165, 1.54) is 27.1 Å². The Labute approximate surface area is 266 Å². The van der Waals surface area contributed by atoms with E-state index in [2.05, 4.69) is 79.7 Å². The highest BCUT2D eigenvalue weighted by molar-refractivity contribution is 6.09. The van der Waals surface area contributed by atoms with Crippen LogP contribution in [-0.4, -0.2) is 15.0 Å². The minimum atomic E-state index is 0.270. The van der Waals surface area contributed by atoms with Gasteiger partial charge in [-0.1, -0.05) is 134 Å². The molecule has 4 nitrogen and oxygen atoms in total. The van der Waals surface area contributed by atoms with Gasteiger partial charge < -0.3 is 4.42 Å². The van der Waals surface area contributed by atoms with Crippen LogP contribution in [0.3, 0.4) is 0 Å². The Morgan fingerprint density at radius 2 is 1.20 bits per heavy atom. The average molecular weight is 592 g/mol. The Hall–Kier alpha value is -5.87. The van der Waals surface area contributed by atoms with Crippen LogP contribution in [0, 0.1) is 0 Å². The molecule has 46 heavy (non-hydrogen) atoms. The Balaban J connectivity index is 1.24. The van der Waals surface area contributed by atoms with Gasteiger partial charge in [-0.15, -0.1) is 0 Å². The Morgan fingerprint density at radius 1 is 0.565 bits per heavy atom. The molecule has 2 heterocycles. The molecule has 4 heteroatoms. The highest BCUT2D eigenvalue weighted by atomic mass is 16.3. The lowest BCUT2D eigenvalue weighted by Gasteiger charge is -2.20. The van der Waals surface area contributed by atoms with Crippen LogP contribution in [0.25, 0.3) is 72.3 Å². The van der Waals surface area contributed by atoms with Crippen molar-refractivity contribution in [3.8, 4) is 34.2 Å². The number of hydrogen-bond donors (Lipinski definition) is 0. The quantitative estimate of drug-likeness (QED) is 0.191. The van der Waals surface area contributed by atoms with Gasteiger partial charge in [-0.2, -0.15) is 0 Å².